The monoisotopic (exact) mass is 293 g/mol. The highest BCUT2D eigenvalue weighted by atomic mass is 16.4. The molecule has 1 aliphatic rings. The van der Waals surface area contributed by atoms with Gasteiger partial charge in [0.1, 0.15) is 5.76 Å². The van der Waals surface area contributed by atoms with Crippen LogP contribution in [0.3, 0.4) is 0 Å². The third-order valence-corrected chi connectivity index (χ3v) is 4.59. The van der Waals surface area contributed by atoms with Gasteiger partial charge in [0, 0.05) is 5.56 Å². The summed E-state index contributed by atoms with van der Waals surface area (Å²) in [6, 6.07) is 1.86. The largest absolute Gasteiger partial charge is 0.475 e. The van der Waals surface area contributed by atoms with Crippen molar-refractivity contribution in [1.82, 2.24) is 4.90 Å². The fraction of sp³-hybridized carbons (Fsp3) is 0.706. The van der Waals surface area contributed by atoms with Gasteiger partial charge in [-0.2, -0.15) is 0 Å². The normalized spacial score (nSPS) is 21.2. The second kappa shape index (κ2) is 6.22. The summed E-state index contributed by atoms with van der Waals surface area (Å²) >= 11 is 0. The lowest BCUT2D eigenvalue weighted by atomic mass is 9.77. The number of carboxylic acids is 1. The summed E-state index contributed by atoms with van der Waals surface area (Å²) in [5, 5.41) is 9.05. The van der Waals surface area contributed by atoms with Crippen molar-refractivity contribution in [1.29, 1.82) is 0 Å². The molecule has 0 saturated carbocycles. The molecule has 1 atom stereocenters. The van der Waals surface area contributed by atoms with E-state index in [9.17, 15) is 4.79 Å². The van der Waals surface area contributed by atoms with E-state index in [0.29, 0.717) is 17.5 Å². The Morgan fingerprint density at radius 2 is 2.10 bits per heavy atom. The third-order valence-electron chi connectivity index (χ3n) is 4.59. The zero-order valence-electron chi connectivity index (χ0n) is 13.6. The average Bonchev–Trinajstić information content (AvgIpc) is 2.58. The first-order valence-electron chi connectivity index (χ1n) is 7.82. The molecule has 1 unspecified atom stereocenters. The van der Waals surface area contributed by atoms with Crippen molar-refractivity contribution in [2.45, 2.75) is 53.5 Å². The van der Waals surface area contributed by atoms with Crippen molar-refractivity contribution < 1.29 is 14.3 Å². The molecule has 1 aliphatic heterocycles. The predicted molar refractivity (Wildman–Crippen MR) is 82.5 cm³/mol. The first-order chi connectivity index (χ1) is 9.77. The number of carboxylic acid groups (broad SMARTS) is 1. The molecule has 0 aromatic carbocycles. The molecule has 0 amide bonds. The lowest BCUT2D eigenvalue weighted by Crippen LogP contribution is -2.25. The molecule has 4 heteroatoms. The van der Waals surface area contributed by atoms with E-state index in [2.05, 4.69) is 25.7 Å². The van der Waals surface area contributed by atoms with E-state index in [0.717, 1.165) is 24.8 Å². The van der Waals surface area contributed by atoms with Gasteiger partial charge < -0.3 is 9.52 Å². The zero-order chi connectivity index (χ0) is 15.6. The smallest absolute Gasteiger partial charge is 0.372 e. The van der Waals surface area contributed by atoms with E-state index >= 15 is 0 Å². The number of hydrogen-bond acceptors (Lipinski definition) is 3. The van der Waals surface area contributed by atoms with Crippen LogP contribution in [0.4, 0.5) is 0 Å². The Morgan fingerprint density at radius 1 is 1.38 bits per heavy atom. The molecule has 1 N–H and O–H groups in total. The van der Waals surface area contributed by atoms with Crippen molar-refractivity contribution in [3.05, 3.63) is 23.2 Å². The van der Waals surface area contributed by atoms with Crippen LogP contribution in [0.25, 0.3) is 0 Å². The fourth-order valence-corrected chi connectivity index (χ4v) is 3.24. The van der Waals surface area contributed by atoms with E-state index in [1.807, 2.05) is 6.07 Å². The fourth-order valence-electron chi connectivity index (χ4n) is 3.24. The van der Waals surface area contributed by atoms with Gasteiger partial charge in [0.05, 0.1) is 6.54 Å². The highest BCUT2D eigenvalue weighted by Gasteiger charge is 2.27. The molecule has 4 nitrogen and oxygen atoms in total. The minimum absolute atomic E-state index is 0.0763. The highest BCUT2D eigenvalue weighted by Crippen LogP contribution is 2.34. The SMILES string of the molecule is Cc1cc(CN2CCCC(C(C)(C)C)CC2)oc1C(=O)O. The van der Waals surface area contributed by atoms with E-state index < -0.39 is 5.97 Å². The van der Waals surface area contributed by atoms with Gasteiger partial charge in [0.25, 0.3) is 0 Å². The van der Waals surface area contributed by atoms with Gasteiger partial charge in [-0.3, -0.25) is 4.90 Å². The van der Waals surface area contributed by atoms with E-state index in [1.54, 1.807) is 6.92 Å². The highest BCUT2D eigenvalue weighted by molar-refractivity contribution is 5.86. The lowest BCUT2D eigenvalue weighted by molar-refractivity contribution is 0.0657. The van der Waals surface area contributed by atoms with Crippen molar-refractivity contribution in [2.75, 3.05) is 13.1 Å². The number of aromatic carboxylic acids is 1. The van der Waals surface area contributed by atoms with Gasteiger partial charge in [-0.05, 0) is 56.7 Å². The number of nitrogens with zero attached hydrogens (tertiary/aromatic N) is 1. The van der Waals surface area contributed by atoms with Gasteiger partial charge in [0.15, 0.2) is 0 Å². The summed E-state index contributed by atoms with van der Waals surface area (Å²) in [4.78, 5) is 13.4. The van der Waals surface area contributed by atoms with Crippen LogP contribution in [0.2, 0.25) is 0 Å². The molecular formula is C17H27NO3. The quantitative estimate of drug-likeness (QED) is 0.917. The first kappa shape index (κ1) is 16.1. The summed E-state index contributed by atoms with van der Waals surface area (Å²) < 4.78 is 5.47. The van der Waals surface area contributed by atoms with Gasteiger partial charge in [-0.15, -0.1) is 0 Å². The van der Waals surface area contributed by atoms with Gasteiger partial charge in [-0.1, -0.05) is 20.8 Å². The number of rotatable bonds is 3. The minimum atomic E-state index is -0.984. The van der Waals surface area contributed by atoms with Crippen molar-refractivity contribution in [3.8, 4) is 0 Å². The average molecular weight is 293 g/mol. The molecule has 1 aromatic heterocycles. The van der Waals surface area contributed by atoms with E-state index in [4.69, 9.17) is 9.52 Å². The van der Waals surface area contributed by atoms with Crippen molar-refractivity contribution >= 4 is 5.97 Å². The topological polar surface area (TPSA) is 53.7 Å². The molecule has 0 aliphatic carbocycles. The molecule has 21 heavy (non-hydrogen) atoms. The number of aryl methyl sites for hydroxylation is 1. The molecule has 118 valence electrons. The van der Waals surface area contributed by atoms with E-state index in [1.165, 1.54) is 19.3 Å². The van der Waals surface area contributed by atoms with Crippen molar-refractivity contribution in [2.24, 2.45) is 11.3 Å². The number of likely N-dealkylation sites (tertiary alicyclic amines) is 1. The van der Waals surface area contributed by atoms with Crippen LogP contribution in [0.1, 0.15) is 61.9 Å². The summed E-state index contributed by atoms with van der Waals surface area (Å²) in [6.07, 6.45) is 3.68. The lowest BCUT2D eigenvalue weighted by Gasteiger charge is -2.29. The predicted octanol–water partition coefficient (Wildman–Crippen LogP) is 3.93. The van der Waals surface area contributed by atoms with Crippen LogP contribution in [0.5, 0.6) is 0 Å². The van der Waals surface area contributed by atoms with Crippen LogP contribution in [0.15, 0.2) is 10.5 Å². The maximum atomic E-state index is 11.0. The van der Waals surface area contributed by atoms with Crippen LogP contribution < -0.4 is 0 Å². The maximum absolute atomic E-state index is 11.0. The molecule has 0 bridgehead atoms. The van der Waals surface area contributed by atoms with Crippen LogP contribution >= 0.6 is 0 Å². The van der Waals surface area contributed by atoms with Crippen LogP contribution in [0, 0.1) is 18.3 Å². The Hall–Kier alpha value is -1.29. The molecule has 1 saturated heterocycles. The molecule has 0 radical (unpaired) electrons. The molecule has 1 aromatic rings. The Balaban J connectivity index is 1.98. The Bertz CT molecular complexity index is 499. The van der Waals surface area contributed by atoms with E-state index in [-0.39, 0.29) is 5.76 Å². The van der Waals surface area contributed by atoms with Crippen molar-refractivity contribution in [3.63, 3.8) is 0 Å². The Kier molecular flexibility index (Phi) is 4.77. The second-order valence-electron chi connectivity index (χ2n) is 7.30. The third kappa shape index (κ3) is 4.10. The summed E-state index contributed by atoms with van der Waals surface area (Å²) in [7, 11) is 0. The Labute approximate surface area is 127 Å². The Morgan fingerprint density at radius 3 is 2.67 bits per heavy atom. The molecule has 2 heterocycles. The molecule has 0 spiro atoms. The zero-order valence-corrected chi connectivity index (χ0v) is 13.6. The summed E-state index contributed by atoms with van der Waals surface area (Å²) in [5.74, 6) is 0.615. The minimum Gasteiger partial charge on any atom is -0.475 e. The van der Waals surface area contributed by atoms with Crippen LogP contribution in [-0.4, -0.2) is 29.1 Å². The summed E-state index contributed by atoms with van der Waals surface area (Å²) in [5.41, 5.74) is 1.08. The second-order valence-corrected chi connectivity index (χ2v) is 7.30. The number of carbonyl (C=O) groups is 1. The number of hydrogen-bond donors (Lipinski definition) is 1. The van der Waals surface area contributed by atoms with Gasteiger partial charge >= 0.3 is 5.97 Å². The first-order valence-corrected chi connectivity index (χ1v) is 7.82. The molecule has 2 rings (SSSR count). The van der Waals surface area contributed by atoms with Gasteiger partial charge in [0.2, 0.25) is 5.76 Å². The molecule has 1 fully saturated rings. The summed E-state index contributed by atoms with van der Waals surface area (Å²) in [6.45, 7) is 11.6. The van der Waals surface area contributed by atoms with Gasteiger partial charge in [-0.25, -0.2) is 4.79 Å². The maximum Gasteiger partial charge on any atom is 0.372 e. The molecular weight excluding hydrogens is 266 g/mol. The van der Waals surface area contributed by atoms with Crippen LogP contribution in [-0.2, 0) is 6.54 Å². The standard InChI is InChI=1S/C17H27NO3/c1-12-10-14(21-15(12)16(19)20)11-18-8-5-6-13(7-9-18)17(2,3)4/h10,13H,5-9,11H2,1-4H3,(H,19,20). The number of furan rings is 1.